The van der Waals surface area contributed by atoms with Gasteiger partial charge in [-0.1, -0.05) is 18.2 Å². The molecule has 0 spiro atoms. The Morgan fingerprint density at radius 2 is 1.56 bits per heavy atom. The Kier molecular flexibility index (Phi) is 5.17. The van der Waals surface area contributed by atoms with Gasteiger partial charge in [-0.25, -0.2) is 4.39 Å². The molecule has 2 heterocycles. The van der Waals surface area contributed by atoms with Crippen LogP contribution in [0, 0.1) is 5.82 Å². The number of para-hydroxylation sites is 1. The summed E-state index contributed by atoms with van der Waals surface area (Å²) in [6.07, 6.45) is -3.18. The standard InChI is InChI=1S/C23H15F4N3O2/c24-14-10-8-13(9-11-14)21(31)20-19(28)18(17-7-3-4-12-30(17)20)22(32)29-16-6-2-1-5-15(16)23(25,26)27/h1-12H,28H2,(H,29,32). The maximum Gasteiger partial charge on any atom is 0.418 e. The lowest BCUT2D eigenvalue weighted by atomic mass is 10.1. The highest BCUT2D eigenvalue weighted by Gasteiger charge is 2.34. The topological polar surface area (TPSA) is 76.6 Å². The summed E-state index contributed by atoms with van der Waals surface area (Å²) in [5.41, 5.74) is 4.68. The average molecular weight is 441 g/mol. The first-order valence-electron chi connectivity index (χ1n) is 9.35. The van der Waals surface area contributed by atoms with Crippen molar-refractivity contribution in [2.45, 2.75) is 6.18 Å². The van der Waals surface area contributed by atoms with Crippen LogP contribution in [0.4, 0.5) is 28.9 Å². The number of nitrogens with zero attached hydrogens (tertiary/aromatic N) is 1. The molecule has 162 valence electrons. The predicted molar refractivity (Wildman–Crippen MR) is 111 cm³/mol. The molecule has 32 heavy (non-hydrogen) atoms. The van der Waals surface area contributed by atoms with Gasteiger partial charge in [-0.15, -0.1) is 0 Å². The van der Waals surface area contributed by atoms with Gasteiger partial charge in [0.25, 0.3) is 5.91 Å². The largest absolute Gasteiger partial charge is 0.418 e. The van der Waals surface area contributed by atoms with E-state index in [1.807, 2.05) is 0 Å². The lowest BCUT2D eigenvalue weighted by Crippen LogP contribution is -2.17. The Bertz CT molecular complexity index is 1340. The number of carbonyl (C=O) groups excluding carboxylic acids is 2. The molecule has 4 rings (SSSR count). The second kappa shape index (κ2) is 7.84. The van der Waals surface area contributed by atoms with Gasteiger partial charge in [0.1, 0.15) is 11.5 Å². The van der Waals surface area contributed by atoms with E-state index in [1.165, 1.54) is 40.9 Å². The van der Waals surface area contributed by atoms with Crippen molar-refractivity contribution in [3.8, 4) is 0 Å². The molecule has 0 saturated heterocycles. The Morgan fingerprint density at radius 3 is 2.25 bits per heavy atom. The van der Waals surface area contributed by atoms with Gasteiger partial charge in [0.15, 0.2) is 0 Å². The van der Waals surface area contributed by atoms with Gasteiger partial charge in [-0.05, 0) is 48.5 Å². The number of fused-ring (bicyclic) bond motifs is 1. The molecule has 3 N–H and O–H groups in total. The lowest BCUT2D eigenvalue weighted by molar-refractivity contribution is -0.136. The summed E-state index contributed by atoms with van der Waals surface area (Å²) < 4.78 is 54.5. The van der Waals surface area contributed by atoms with E-state index in [0.29, 0.717) is 0 Å². The number of halogens is 4. The Balaban J connectivity index is 1.81. The van der Waals surface area contributed by atoms with E-state index in [0.717, 1.165) is 24.3 Å². The summed E-state index contributed by atoms with van der Waals surface area (Å²) in [6.45, 7) is 0. The molecule has 0 aliphatic heterocycles. The first-order valence-corrected chi connectivity index (χ1v) is 9.35. The van der Waals surface area contributed by atoms with Crippen LogP contribution in [0.2, 0.25) is 0 Å². The van der Waals surface area contributed by atoms with Crippen LogP contribution >= 0.6 is 0 Å². The zero-order chi connectivity index (χ0) is 23.0. The minimum Gasteiger partial charge on any atom is -0.396 e. The number of hydrogen-bond donors (Lipinski definition) is 2. The maximum absolute atomic E-state index is 13.3. The number of benzene rings is 2. The molecule has 0 radical (unpaired) electrons. The summed E-state index contributed by atoms with van der Waals surface area (Å²) in [7, 11) is 0. The van der Waals surface area contributed by atoms with Gasteiger partial charge < -0.3 is 15.5 Å². The second-order valence-electron chi connectivity index (χ2n) is 6.93. The van der Waals surface area contributed by atoms with Gasteiger partial charge in [-0.3, -0.25) is 9.59 Å². The number of carbonyl (C=O) groups is 2. The summed E-state index contributed by atoms with van der Waals surface area (Å²) >= 11 is 0. The molecule has 4 aromatic rings. The van der Waals surface area contributed by atoms with Gasteiger partial charge in [0.2, 0.25) is 5.78 Å². The number of nitrogen functional groups attached to an aromatic ring is 1. The van der Waals surface area contributed by atoms with Crippen LogP contribution in [0.1, 0.15) is 32.0 Å². The fourth-order valence-corrected chi connectivity index (χ4v) is 3.46. The molecule has 0 unspecified atom stereocenters. The number of alkyl halides is 3. The SMILES string of the molecule is Nc1c(C(=O)Nc2ccccc2C(F)(F)F)c2ccccn2c1C(=O)c1ccc(F)cc1. The quantitative estimate of drug-likeness (QED) is 0.339. The van der Waals surface area contributed by atoms with E-state index in [-0.39, 0.29) is 28.0 Å². The number of hydrogen-bond acceptors (Lipinski definition) is 3. The molecule has 9 heteroatoms. The molecule has 2 aromatic heterocycles. The Labute approximate surface area is 179 Å². The Morgan fingerprint density at radius 1 is 0.906 bits per heavy atom. The van der Waals surface area contributed by atoms with Crippen LogP contribution < -0.4 is 11.1 Å². The minimum absolute atomic E-state index is 0.0542. The zero-order valence-corrected chi connectivity index (χ0v) is 16.3. The number of anilines is 2. The first kappa shape index (κ1) is 21.1. The van der Waals surface area contributed by atoms with Crippen molar-refractivity contribution in [3.63, 3.8) is 0 Å². The van der Waals surface area contributed by atoms with E-state index in [4.69, 9.17) is 5.73 Å². The van der Waals surface area contributed by atoms with Gasteiger partial charge >= 0.3 is 6.18 Å². The van der Waals surface area contributed by atoms with E-state index in [2.05, 4.69) is 5.32 Å². The van der Waals surface area contributed by atoms with Crippen LogP contribution in [0.25, 0.3) is 5.52 Å². The summed E-state index contributed by atoms with van der Waals surface area (Å²) in [6, 6.07) is 14.0. The van der Waals surface area contributed by atoms with Crippen molar-refractivity contribution in [3.05, 3.63) is 101 Å². The zero-order valence-electron chi connectivity index (χ0n) is 16.3. The van der Waals surface area contributed by atoms with Crippen molar-refractivity contribution >= 4 is 28.6 Å². The number of ketones is 1. The van der Waals surface area contributed by atoms with Crippen LogP contribution in [-0.4, -0.2) is 16.1 Å². The van der Waals surface area contributed by atoms with E-state index in [1.54, 1.807) is 12.1 Å². The van der Waals surface area contributed by atoms with Crippen molar-refractivity contribution in [2.75, 3.05) is 11.1 Å². The highest BCUT2D eigenvalue weighted by molar-refractivity contribution is 6.20. The number of aromatic nitrogens is 1. The third kappa shape index (κ3) is 3.68. The maximum atomic E-state index is 13.3. The average Bonchev–Trinajstić information content (AvgIpc) is 3.05. The van der Waals surface area contributed by atoms with E-state index in [9.17, 15) is 27.2 Å². The van der Waals surface area contributed by atoms with E-state index < -0.39 is 34.9 Å². The molecule has 0 fully saturated rings. The number of pyridine rings is 1. The molecule has 1 amide bonds. The monoisotopic (exact) mass is 441 g/mol. The van der Waals surface area contributed by atoms with E-state index >= 15 is 0 Å². The summed E-state index contributed by atoms with van der Waals surface area (Å²) in [5, 5.41) is 2.25. The molecule has 5 nitrogen and oxygen atoms in total. The first-order chi connectivity index (χ1) is 15.2. The van der Waals surface area contributed by atoms with Crippen LogP contribution in [0.15, 0.2) is 72.9 Å². The second-order valence-corrected chi connectivity index (χ2v) is 6.93. The Hall–Kier alpha value is -4.14. The van der Waals surface area contributed by atoms with Gasteiger partial charge in [0, 0.05) is 11.8 Å². The van der Waals surface area contributed by atoms with Crippen LogP contribution in [0.3, 0.4) is 0 Å². The molecule has 0 bridgehead atoms. The molecular formula is C23H15F4N3O2. The van der Waals surface area contributed by atoms with Gasteiger partial charge in [-0.2, -0.15) is 13.2 Å². The number of rotatable bonds is 4. The minimum atomic E-state index is -4.68. The molecular weight excluding hydrogens is 426 g/mol. The van der Waals surface area contributed by atoms with Crippen LogP contribution in [-0.2, 0) is 6.18 Å². The predicted octanol–water partition coefficient (Wildman–Crippen LogP) is 5.16. The third-order valence-electron chi connectivity index (χ3n) is 4.91. The number of nitrogens with two attached hydrogens (primary N) is 1. The van der Waals surface area contributed by atoms with Crippen molar-refractivity contribution in [1.29, 1.82) is 0 Å². The number of amides is 1. The summed E-state index contributed by atoms with van der Waals surface area (Å²) in [5.74, 6) is -2.00. The van der Waals surface area contributed by atoms with Crippen molar-refractivity contribution in [2.24, 2.45) is 0 Å². The highest BCUT2D eigenvalue weighted by atomic mass is 19.4. The highest BCUT2D eigenvalue weighted by Crippen LogP contribution is 2.35. The fourth-order valence-electron chi connectivity index (χ4n) is 3.46. The third-order valence-corrected chi connectivity index (χ3v) is 4.91. The normalized spacial score (nSPS) is 11.5. The van der Waals surface area contributed by atoms with Crippen LogP contribution in [0.5, 0.6) is 0 Å². The van der Waals surface area contributed by atoms with Crippen molar-refractivity contribution < 1.29 is 27.2 Å². The molecule has 0 atom stereocenters. The lowest BCUT2D eigenvalue weighted by Gasteiger charge is -2.13. The molecule has 2 aromatic carbocycles. The smallest absolute Gasteiger partial charge is 0.396 e. The molecule has 0 saturated carbocycles. The molecule has 0 aliphatic rings. The fraction of sp³-hybridized carbons (Fsp3) is 0.0435. The van der Waals surface area contributed by atoms with Gasteiger partial charge in [0.05, 0.1) is 28.0 Å². The molecule has 0 aliphatic carbocycles. The summed E-state index contributed by atoms with van der Waals surface area (Å²) in [4.78, 5) is 26.1. The van der Waals surface area contributed by atoms with Crippen molar-refractivity contribution in [1.82, 2.24) is 4.40 Å². The number of nitrogens with one attached hydrogen (secondary N) is 1.